The lowest BCUT2D eigenvalue weighted by atomic mass is 9.99. The van der Waals surface area contributed by atoms with E-state index >= 15 is 0 Å². The van der Waals surface area contributed by atoms with Crippen molar-refractivity contribution < 1.29 is 19.8 Å². The fraction of sp³-hybridized carbons (Fsp3) is 0.778. The van der Waals surface area contributed by atoms with Crippen molar-refractivity contribution in [1.29, 1.82) is 0 Å². The molecule has 0 heterocycles. The summed E-state index contributed by atoms with van der Waals surface area (Å²) in [6.07, 6.45) is 1.75. The third-order valence-electron chi connectivity index (χ3n) is 2.12. The van der Waals surface area contributed by atoms with E-state index in [1.165, 1.54) is 0 Å². The molecule has 13 heavy (non-hydrogen) atoms. The molecule has 0 amide bonds. The van der Waals surface area contributed by atoms with Crippen molar-refractivity contribution in [2.75, 3.05) is 0 Å². The van der Waals surface area contributed by atoms with Gasteiger partial charge in [0.2, 0.25) is 0 Å². The van der Waals surface area contributed by atoms with Gasteiger partial charge >= 0.3 is 11.9 Å². The Kier molecular flexibility index (Phi) is 5.11. The van der Waals surface area contributed by atoms with Crippen LogP contribution in [0.5, 0.6) is 0 Å². The van der Waals surface area contributed by atoms with Gasteiger partial charge in [-0.1, -0.05) is 20.3 Å². The molecule has 4 nitrogen and oxygen atoms in total. The van der Waals surface area contributed by atoms with Gasteiger partial charge in [0.05, 0.1) is 11.8 Å². The summed E-state index contributed by atoms with van der Waals surface area (Å²) in [6.45, 7) is 3.27. The Balaban J connectivity index is 3.56. The van der Waals surface area contributed by atoms with Crippen LogP contribution < -0.4 is 0 Å². The molecule has 0 aliphatic rings. The van der Waals surface area contributed by atoms with Crippen molar-refractivity contribution in [3.05, 3.63) is 0 Å². The van der Waals surface area contributed by atoms with Crippen molar-refractivity contribution in [3.8, 4) is 0 Å². The molecule has 2 atom stereocenters. The van der Waals surface area contributed by atoms with Crippen LogP contribution in [0.25, 0.3) is 0 Å². The minimum absolute atomic E-state index is 0.374. The van der Waals surface area contributed by atoms with E-state index in [2.05, 4.69) is 0 Å². The Morgan fingerprint density at radius 2 is 1.31 bits per heavy atom. The fourth-order valence-electron chi connectivity index (χ4n) is 0.977. The maximum Gasteiger partial charge on any atom is 0.306 e. The van der Waals surface area contributed by atoms with Crippen LogP contribution in [0, 0.1) is 11.8 Å². The Bertz CT molecular complexity index is 168. The second-order valence-electron chi connectivity index (χ2n) is 3.41. The number of carbonyl (C=O) groups is 2. The van der Waals surface area contributed by atoms with Gasteiger partial charge in [0.15, 0.2) is 0 Å². The molecule has 76 valence electrons. The van der Waals surface area contributed by atoms with Gasteiger partial charge in [0.1, 0.15) is 0 Å². The third kappa shape index (κ3) is 5.22. The molecule has 0 aromatic rings. The van der Waals surface area contributed by atoms with Crippen LogP contribution in [0.15, 0.2) is 0 Å². The van der Waals surface area contributed by atoms with E-state index in [0.29, 0.717) is 19.3 Å². The smallest absolute Gasteiger partial charge is 0.306 e. The molecule has 0 saturated heterocycles. The first-order valence-electron chi connectivity index (χ1n) is 4.40. The lowest BCUT2D eigenvalue weighted by molar-refractivity contribution is -0.141. The summed E-state index contributed by atoms with van der Waals surface area (Å²) in [5.74, 6) is -2.38. The second-order valence-corrected chi connectivity index (χ2v) is 3.41. The molecule has 0 aromatic heterocycles. The maximum absolute atomic E-state index is 10.4. The highest BCUT2D eigenvalue weighted by Gasteiger charge is 2.14. The minimum Gasteiger partial charge on any atom is -0.481 e. The summed E-state index contributed by atoms with van der Waals surface area (Å²) in [5, 5.41) is 17.1. The summed E-state index contributed by atoms with van der Waals surface area (Å²) in [5.41, 5.74) is 0. The molecule has 0 radical (unpaired) electrons. The molecule has 0 fully saturated rings. The second kappa shape index (κ2) is 5.56. The van der Waals surface area contributed by atoms with Crippen LogP contribution in [-0.4, -0.2) is 22.2 Å². The Morgan fingerprint density at radius 3 is 1.54 bits per heavy atom. The number of hydrogen-bond acceptors (Lipinski definition) is 2. The summed E-state index contributed by atoms with van der Waals surface area (Å²) in [7, 11) is 0. The average Bonchev–Trinajstić information content (AvgIpc) is 2.03. The predicted molar refractivity (Wildman–Crippen MR) is 47.5 cm³/mol. The average molecular weight is 188 g/mol. The summed E-state index contributed by atoms with van der Waals surface area (Å²) in [4.78, 5) is 20.8. The highest BCUT2D eigenvalue weighted by Crippen LogP contribution is 2.12. The van der Waals surface area contributed by atoms with Crippen molar-refractivity contribution in [2.45, 2.75) is 33.1 Å². The quantitative estimate of drug-likeness (QED) is 0.663. The first-order valence-corrected chi connectivity index (χ1v) is 4.40. The van der Waals surface area contributed by atoms with Crippen molar-refractivity contribution in [2.24, 2.45) is 11.8 Å². The van der Waals surface area contributed by atoms with E-state index in [1.54, 1.807) is 13.8 Å². The van der Waals surface area contributed by atoms with Gasteiger partial charge in [-0.3, -0.25) is 9.59 Å². The van der Waals surface area contributed by atoms with Gasteiger partial charge in [0.25, 0.3) is 0 Å². The van der Waals surface area contributed by atoms with Crippen molar-refractivity contribution in [1.82, 2.24) is 0 Å². The normalized spacial score (nSPS) is 14.9. The molecule has 0 unspecified atom stereocenters. The standard InChI is InChI=1S/C9H16O4/c1-6(8(10)11)4-3-5-7(2)9(12)13/h6-7H,3-5H2,1-2H3,(H,10,11)(H,12,13)/t6-,7+. The van der Waals surface area contributed by atoms with Gasteiger partial charge in [-0.15, -0.1) is 0 Å². The highest BCUT2D eigenvalue weighted by atomic mass is 16.4. The Hall–Kier alpha value is -1.06. The zero-order valence-electron chi connectivity index (χ0n) is 7.99. The molecule has 0 bridgehead atoms. The topological polar surface area (TPSA) is 74.6 Å². The third-order valence-corrected chi connectivity index (χ3v) is 2.12. The van der Waals surface area contributed by atoms with Crippen LogP contribution in [0.3, 0.4) is 0 Å². The zero-order valence-corrected chi connectivity index (χ0v) is 7.99. The lowest BCUT2D eigenvalue weighted by Gasteiger charge is -2.07. The first kappa shape index (κ1) is 11.9. The summed E-state index contributed by atoms with van der Waals surface area (Å²) >= 11 is 0. The van der Waals surface area contributed by atoms with Gasteiger partial charge in [0, 0.05) is 0 Å². The van der Waals surface area contributed by atoms with E-state index in [9.17, 15) is 9.59 Å². The van der Waals surface area contributed by atoms with Crippen molar-refractivity contribution in [3.63, 3.8) is 0 Å². The molecule has 4 heteroatoms. The van der Waals surface area contributed by atoms with E-state index in [-0.39, 0.29) is 11.8 Å². The van der Waals surface area contributed by atoms with Crippen molar-refractivity contribution >= 4 is 11.9 Å². The lowest BCUT2D eigenvalue weighted by Crippen LogP contribution is -2.12. The van der Waals surface area contributed by atoms with E-state index in [4.69, 9.17) is 10.2 Å². The largest absolute Gasteiger partial charge is 0.481 e. The van der Waals surface area contributed by atoms with Gasteiger partial charge in [-0.2, -0.15) is 0 Å². The monoisotopic (exact) mass is 188 g/mol. The molecule has 0 spiro atoms. The van der Waals surface area contributed by atoms with E-state index in [1.807, 2.05) is 0 Å². The molecule has 0 saturated carbocycles. The van der Waals surface area contributed by atoms with Crippen LogP contribution in [0.4, 0.5) is 0 Å². The first-order chi connectivity index (χ1) is 5.95. The Labute approximate surface area is 77.6 Å². The minimum atomic E-state index is -0.817. The molecule has 0 aliphatic heterocycles. The van der Waals surface area contributed by atoms with Crippen LogP contribution in [-0.2, 0) is 9.59 Å². The molecular formula is C9H16O4. The van der Waals surface area contributed by atoms with Crippen LogP contribution in [0.2, 0.25) is 0 Å². The summed E-state index contributed by atoms with van der Waals surface area (Å²) < 4.78 is 0. The number of carboxylic acid groups (broad SMARTS) is 2. The van der Waals surface area contributed by atoms with Crippen LogP contribution >= 0.6 is 0 Å². The number of aliphatic carboxylic acids is 2. The summed E-state index contributed by atoms with van der Waals surface area (Å²) in [6, 6.07) is 0. The fourth-order valence-corrected chi connectivity index (χ4v) is 0.977. The highest BCUT2D eigenvalue weighted by molar-refractivity contribution is 5.70. The molecule has 0 aliphatic carbocycles. The maximum atomic E-state index is 10.4. The number of rotatable bonds is 6. The predicted octanol–water partition coefficient (Wildman–Crippen LogP) is 1.60. The number of carboxylic acids is 2. The van der Waals surface area contributed by atoms with Gasteiger partial charge < -0.3 is 10.2 Å². The van der Waals surface area contributed by atoms with E-state index < -0.39 is 11.9 Å². The van der Waals surface area contributed by atoms with E-state index in [0.717, 1.165) is 0 Å². The Morgan fingerprint density at radius 1 is 1.00 bits per heavy atom. The van der Waals surface area contributed by atoms with Gasteiger partial charge in [-0.25, -0.2) is 0 Å². The SMILES string of the molecule is C[C@H](CCC[C@H](C)C(=O)O)C(=O)O. The van der Waals surface area contributed by atoms with Gasteiger partial charge in [-0.05, 0) is 12.8 Å². The molecule has 0 rings (SSSR count). The number of hydrogen-bond donors (Lipinski definition) is 2. The zero-order chi connectivity index (χ0) is 10.4. The van der Waals surface area contributed by atoms with Crippen LogP contribution in [0.1, 0.15) is 33.1 Å². The molecule has 2 N–H and O–H groups in total. The molecular weight excluding hydrogens is 172 g/mol. The molecule has 0 aromatic carbocycles.